The monoisotopic (exact) mass is 381 g/mol. The third-order valence-corrected chi connectivity index (χ3v) is 3.07. The van der Waals surface area contributed by atoms with Gasteiger partial charge < -0.3 is 10.2 Å². The van der Waals surface area contributed by atoms with Gasteiger partial charge in [0, 0.05) is 11.8 Å². The number of hydrazine groups is 1. The summed E-state index contributed by atoms with van der Waals surface area (Å²) in [6.45, 7) is 4.91. The number of carbonyl (C=O) groups is 1. The fourth-order valence-corrected chi connectivity index (χ4v) is 1.98. The Hall–Kier alpha value is -3.17. The Labute approximate surface area is 153 Å². The molecule has 0 atom stereocenters. The molecular formula is C17H18F3N5O2. The van der Waals surface area contributed by atoms with Gasteiger partial charge in [0.15, 0.2) is 0 Å². The highest BCUT2D eigenvalue weighted by atomic mass is 19.4. The van der Waals surface area contributed by atoms with E-state index in [1.165, 1.54) is 0 Å². The maximum Gasteiger partial charge on any atom is 0.433 e. The third kappa shape index (κ3) is 5.66. The van der Waals surface area contributed by atoms with E-state index in [0.717, 1.165) is 12.4 Å². The topological polar surface area (TPSA) is 100.0 Å². The number of allylic oxidation sites excluding steroid dienone is 1. The molecule has 0 fully saturated rings. The molecule has 1 aromatic carbocycles. The minimum atomic E-state index is -4.91. The average Bonchev–Trinajstić information content (AvgIpc) is 2.55. The van der Waals surface area contributed by atoms with Crippen LogP contribution in [0, 0.1) is 5.41 Å². The van der Waals surface area contributed by atoms with Crippen molar-refractivity contribution in [2.45, 2.75) is 32.5 Å². The first kappa shape index (κ1) is 20.1. The SMILES string of the molecule is CC(C)(C)OC(=O)NN/C=C(\C(=N)C(F)(F)F)c1cnc2ccccc2n1. The van der Waals surface area contributed by atoms with E-state index in [0.29, 0.717) is 11.0 Å². The normalized spacial score (nSPS) is 12.6. The van der Waals surface area contributed by atoms with Crippen molar-refractivity contribution in [3.05, 3.63) is 42.4 Å². The van der Waals surface area contributed by atoms with Crippen molar-refractivity contribution in [1.82, 2.24) is 20.8 Å². The number of fused-ring (bicyclic) bond motifs is 1. The first-order valence-electron chi connectivity index (χ1n) is 7.80. The van der Waals surface area contributed by atoms with E-state index in [1.807, 2.05) is 0 Å². The van der Waals surface area contributed by atoms with Crippen LogP contribution in [0.5, 0.6) is 0 Å². The highest BCUT2D eigenvalue weighted by molar-refractivity contribution is 6.24. The highest BCUT2D eigenvalue weighted by Gasteiger charge is 2.37. The molecule has 7 nitrogen and oxygen atoms in total. The molecule has 144 valence electrons. The largest absolute Gasteiger partial charge is 0.443 e. The molecule has 1 aromatic heterocycles. The molecule has 0 aliphatic carbocycles. The zero-order valence-corrected chi connectivity index (χ0v) is 14.8. The lowest BCUT2D eigenvalue weighted by molar-refractivity contribution is -0.0578. The van der Waals surface area contributed by atoms with Gasteiger partial charge in [0.1, 0.15) is 11.3 Å². The number of carbonyl (C=O) groups excluding carboxylic acids is 1. The molecule has 27 heavy (non-hydrogen) atoms. The number of halogens is 3. The van der Waals surface area contributed by atoms with Crippen LogP contribution in [0.4, 0.5) is 18.0 Å². The van der Waals surface area contributed by atoms with Crippen molar-refractivity contribution in [1.29, 1.82) is 5.41 Å². The second-order valence-corrected chi connectivity index (χ2v) is 6.45. The van der Waals surface area contributed by atoms with Crippen molar-refractivity contribution in [2.24, 2.45) is 0 Å². The van der Waals surface area contributed by atoms with Crippen LogP contribution in [-0.2, 0) is 4.74 Å². The molecule has 0 unspecified atom stereocenters. The standard InChI is InChI=1S/C17H18F3N5O2/c1-16(2,3)27-15(26)25-23-8-10(14(21)17(18,19)20)13-9-22-11-6-4-5-7-12(11)24-13/h4-9,21,23H,1-3H3,(H,25,26)/b10-8-,21-14?. The molecule has 0 aliphatic heterocycles. The second kappa shape index (κ2) is 7.60. The van der Waals surface area contributed by atoms with Crippen molar-refractivity contribution in [3.63, 3.8) is 0 Å². The van der Waals surface area contributed by atoms with Crippen LogP contribution < -0.4 is 10.9 Å². The lowest BCUT2D eigenvalue weighted by atomic mass is 10.1. The number of rotatable bonds is 4. The predicted molar refractivity (Wildman–Crippen MR) is 93.8 cm³/mol. The smallest absolute Gasteiger partial charge is 0.433 e. The van der Waals surface area contributed by atoms with Gasteiger partial charge in [0.05, 0.1) is 22.9 Å². The van der Waals surface area contributed by atoms with Crippen LogP contribution in [-0.4, -0.2) is 33.6 Å². The van der Waals surface area contributed by atoms with Crippen LogP contribution in [0.1, 0.15) is 26.5 Å². The number of nitrogens with one attached hydrogen (secondary N) is 3. The first-order valence-corrected chi connectivity index (χ1v) is 7.80. The van der Waals surface area contributed by atoms with Crippen LogP contribution >= 0.6 is 0 Å². The van der Waals surface area contributed by atoms with E-state index in [4.69, 9.17) is 10.1 Å². The van der Waals surface area contributed by atoms with E-state index in [-0.39, 0.29) is 5.69 Å². The van der Waals surface area contributed by atoms with Gasteiger partial charge in [-0.15, -0.1) is 0 Å². The van der Waals surface area contributed by atoms with E-state index < -0.39 is 29.2 Å². The number of amides is 1. The molecule has 1 heterocycles. The van der Waals surface area contributed by atoms with Gasteiger partial charge in [0.25, 0.3) is 0 Å². The quantitative estimate of drug-likeness (QED) is 0.555. The summed E-state index contributed by atoms with van der Waals surface area (Å²) in [4.78, 5) is 19.8. The van der Waals surface area contributed by atoms with Crippen LogP contribution in [0.15, 0.2) is 36.7 Å². The molecule has 0 spiro atoms. The molecular weight excluding hydrogens is 363 g/mol. The Kier molecular flexibility index (Phi) is 5.67. The minimum absolute atomic E-state index is 0.172. The fraction of sp³-hybridized carbons (Fsp3) is 0.294. The minimum Gasteiger partial charge on any atom is -0.443 e. The number of alkyl halides is 3. The molecule has 0 radical (unpaired) electrons. The number of aromatic nitrogens is 2. The van der Waals surface area contributed by atoms with Crippen molar-refractivity contribution < 1.29 is 22.7 Å². The van der Waals surface area contributed by atoms with E-state index in [2.05, 4.69) is 20.8 Å². The Morgan fingerprint density at radius 3 is 2.41 bits per heavy atom. The molecule has 0 bridgehead atoms. The summed E-state index contributed by atoms with van der Waals surface area (Å²) < 4.78 is 44.1. The Morgan fingerprint density at radius 2 is 1.81 bits per heavy atom. The van der Waals surface area contributed by atoms with Gasteiger partial charge in [-0.2, -0.15) is 13.2 Å². The van der Waals surface area contributed by atoms with Gasteiger partial charge in [0.2, 0.25) is 0 Å². The van der Waals surface area contributed by atoms with Crippen molar-refractivity contribution >= 4 is 28.4 Å². The van der Waals surface area contributed by atoms with Gasteiger partial charge in [-0.05, 0) is 32.9 Å². The van der Waals surface area contributed by atoms with Crippen LogP contribution in [0.25, 0.3) is 16.6 Å². The number of nitrogens with zero attached hydrogens (tertiary/aromatic N) is 2. The number of hydrogen-bond donors (Lipinski definition) is 3. The zero-order valence-electron chi connectivity index (χ0n) is 14.8. The lowest BCUT2D eigenvalue weighted by Gasteiger charge is -2.19. The highest BCUT2D eigenvalue weighted by Crippen LogP contribution is 2.26. The molecule has 3 N–H and O–H groups in total. The molecule has 0 aliphatic rings. The molecule has 2 rings (SSSR count). The molecule has 0 saturated heterocycles. The fourth-order valence-electron chi connectivity index (χ4n) is 1.98. The summed E-state index contributed by atoms with van der Waals surface area (Å²) in [7, 11) is 0. The van der Waals surface area contributed by atoms with Gasteiger partial charge in [-0.25, -0.2) is 15.2 Å². The van der Waals surface area contributed by atoms with Gasteiger partial charge in [-0.3, -0.25) is 10.4 Å². The molecule has 10 heteroatoms. The second-order valence-electron chi connectivity index (χ2n) is 6.45. The summed E-state index contributed by atoms with van der Waals surface area (Å²) >= 11 is 0. The Bertz CT molecular complexity index is 888. The van der Waals surface area contributed by atoms with Crippen LogP contribution in [0.2, 0.25) is 0 Å². The third-order valence-electron chi connectivity index (χ3n) is 3.07. The lowest BCUT2D eigenvalue weighted by Crippen LogP contribution is -2.39. The van der Waals surface area contributed by atoms with Gasteiger partial charge in [-0.1, -0.05) is 12.1 Å². The Balaban J connectivity index is 2.30. The number of para-hydroxylation sites is 2. The summed E-state index contributed by atoms with van der Waals surface area (Å²) in [5, 5.41) is 7.43. The van der Waals surface area contributed by atoms with Crippen molar-refractivity contribution in [2.75, 3.05) is 0 Å². The molecule has 1 amide bonds. The number of hydrogen-bond acceptors (Lipinski definition) is 6. The number of benzene rings is 1. The maximum absolute atomic E-state index is 13.1. The summed E-state index contributed by atoms with van der Waals surface area (Å²) in [6, 6.07) is 6.64. The maximum atomic E-state index is 13.1. The van der Waals surface area contributed by atoms with Gasteiger partial charge >= 0.3 is 12.3 Å². The number of ether oxygens (including phenoxy) is 1. The summed E-state index contributed by atoms with van der Waals surface area (Å²) in [5.41, 5.74) is 2.00. The predicted octanol–water partition coefficient (Wildman–Crippen LogP) is 3.58. The first-order chi connectivity index (χ1) is 12.5. The van der Waals surface area contributed by atoms with Crippen molar-refractivity contribution in [3.8, 4) is 0 Å². The van der Waals surface area contributed by atoms with E-state index in [1.54, 1.807) is 45.0 Å². The average molecular weight is 381 g/mol. The Morgan fingerprint density at radius 1 is 1.19 bits per heavy atom. The van der Waals surface area contributed by atoms with Crippen LogP contribution in [0.3, 0.4) is 0 Å². The molecule has 2 aromatic rings. The zero-order chi connectivity index (χ0) is 20.2. The summed E-state index contributed by atoms with van der Waals surface area (Å²) in [6.07, 6.45) is -3.85. The van der Waals surface area contributed by atoms with E-state index in [9.17, 15) is 18.0 Å². The molecule has 0 saturated carbocycles. The summed E-state index contributed by atoms with van der Waals surface area (Å²) in [5.74, 6) is 0. The van der Waals surface area contributed by atoms with E-state index >= 15 is 0 Å².